The van der Waals surface area contributed by atoms with Gasteiger partial charge in [-0.3, -0.25) is 14.6 Å². The third-order valence-electron chi connectivity index (χ3n) is 4.23. The van der Waals surface area contributed by atoms with Crippen molar-refractivity contribution in [1.82, 2.24) is 30.3 Å². The molecule has 0 unspecified atom stereocenters. The molecule has 0 aliphatic carbocycles. The molecule has 0 bridgehead atoms. The highest BCUT2D eigenvalue weighted by molar-refractivity contribution is 6.05. The fourth-order valence-electron chi connectivity index (χ4n) is 3.13. The quantitative estimate of drug-likeness (QED) is 0.755. The van der Waals surface area contributed by atoms with Crippen LogP contribution in [0.25, 0.3) is 10.9 Å². The van der Waals surface area contributed by atoms with Crippen LogP contribution in [0.3, 0.4) is 0 Å². The minimum atomic E-state index is -0.335. The first-order valence-corrected chi connectivity index (χ1v) is 7.86. The molecule has 2 aromatic heterocycles. The molecule has 1 aliphatic heterocycles. The molecule has 8 heteroatoms. The molecule has 1 amide bonds. The lowest BCUT2D eigenvalue weighted by Gasteiger charge is -2.17. The van der Waals surface area contributed by atoms with E-state index in [1.165, 1.54) is 0 Å². The van der Waals surface area contributed by atoms with E-state index in [9.17, 15) is 4.79 Å². The number of hydrogen-bond donors (Lipinski definition) is 2. The molecule has 0 saturated carbocycles. The van der Waals surface area contributed by atoms with Crippen LogP contribution in [0.5, 0.6) is 0 Å². The Balaban J connectivity index is 1.60. The number of amides is 1. The van der Waals surface area contributed by atoms with E-state index in [-0.39, 0.29) is 18.1 Å². The van der Waals surface area contributed by atoms with Gasteiger partial charge in [0, 0.05) is 19.0 Å². The molecule has 2 N–H and O–H groups in total. The summed E-state index contributed by atoms with van der Waals surface area (Å²) < 4.78 is 7.33. The predicted octanol–water partition coefficient (Wildman–Crippen LogP) is 1.26. The van der Waals surface area contributed by atoms with Gasteiger partial charge in [-0.15, -0.1) is 0 Å². The standard InChI is InChI=1S/C16H18N6O2/c1-9-17-15(20-19-9)14-12(7-8-24-14)18-16(23)13-10-5-3-4-6-11(10)21-22(13)2/h3-6,12,14H,7-8H2,1-2H3,(H,18,23)(H,17,19,20)/t12-,14+/m0/s1. The van der Waals surface area contributed by atoms with Gasteiger partial charge < -0.3 is 10.1 Å². The second-order valence-corrected chi connectivity index (χ2v) is 5.93. The number of carbonyl (C=O) groups excluding carboxylic acids is 1. The summed E-state index contributed by atoms with van der Waals surface area (Å²) in [7, 11) is 1.77. The minimum absolute atomic E-state index is 0.165. The summed E-state index contributed by atoms with van der Waals surface area (Å²) in [6.07, 6.45) is 0.387. The molecule has 124 valence electrons. The van der Waals surface area contributed by atoms with Crippen LogP contribution in [0.2, 0.25) is 0 Å². The van der Waals surface area contributed by atoms with Crippen LogP contribution < -0.4 is 5.32 Å². The van der Waals surface area contributed by atoms with Crippen molar-refractivity contribution in [3.05, 3.63) is 41.6 Å². The van der Waals surface area contributed by atoms with Crippen molar-refractivity contribution in [3.63, 3.8) is 0 Å². The second kappa shape index (κ2) is 5.72. The number of nitrogens with zero attached hydrogens (tertiary/aromatic N) is 4. The lowest BCUT2D eigenvalue weighted by molar-refractivity contribution is 0.0787. The van der Waals surface area contributed by atoms with Crippen molar-refractivity contribution in [3.8, 4) is 0 Å². The van der Waals surface area contributed by atoms with Crippen molar-refractivity contribution in [1.29, 1.82) is 0 Å². The van der Waals surface area contributed by atoms with Gasteiger partial charge in [0.1, 0.15) is 17.6 Å². The summed E-state index contributed by atoms with van der Waals surface area (Å²) in [6.45, 7) is 2.40. The number of aromatic amines is 1. The molecule has 0 radical (unpaired) electrons. The first-order chi connectivity index (χ1) is 11.6. The fraction of sp³-hybridized carbons (Fsp3) is 0.375. The molecule has 1 saturated heterocycles. The lowest BCUT2D eigenvalue weighted by atomic mass is 10.1. The topological polar surface area (TPSA) is 97.7 Å². The Morgan fingerprint density at radius 3 is 3.04 bits per heavy atom. The summed E-state index contributed by atoms with van der Waals surface area (Å²) in [6, 6.07) is 7.44. The van der Waals surface area contributed by atoms with E-state index in [0.29, 0.717) is 18.1 Å². The van der Waals surface area contributed by atoms with Gasteiger partial charge in [-0.1, -0.05) is 18.2 Å². The van der Waals surface area contributed by atoms with E-state index in [1.807, 2.05) is 31.2 Å². The number of benzene rings is 1. The third-order valence-corrected chi connectivity index (χ3v) is 4.23. The summed E-state index contributed by atoms with van der Waals surface area (Å²) in [5, 5.41) is 15.2. The summed E-state index contributed by atoms with van der Waals surface area (Å²) in [5.41, 5.74) is 1.34. The van der Waals surface area contributed by atoms with Crippen LogP contribution in [-0.2, 0) is 11.8 Å². The highest BCUT2D eigenvalue weighted by Gasteiger charge is 2.34. The second-order valence-electron chi connectivity index (χ2n) is 5.93. The van der Waals surface area contributed by atoms with Gasteiger partial charge >= 0.3 is 0 Å². The van der Waals surface area contributed by atoms with E-state index in [1.54, 1.807) is 11.7 Å². The molecule has 2 atom stereocenters. The normalized spacial score (nSPS) is 20.6. The Kier molecular flexibility index (Phi) is 3.53. The smallest absolute Gasteiger partial charge is 0.270 e. The number of aryl methyl sites for hydroxylation is 2. The van der Waals surface area contributed by atoms with Gasteiger partial charge in [0.25, 0.3) is 5.91 Å². The molecular formula is C16H18N6O2. The van der Waals surface area contributed by atoms with Crippen molar-refractivity contribution < 1.29 is 9.53 Å². The number of fused-ring (bicyclic) bond motifs is 1. The molecule has 1 fully saturated rings. The number of rotatable bonds is 3. The zero-order valence-electron chi connectivity index (χ0n) is 13.5. The molecule has 1 aliphatic rings. The average Bonchev–Trinajstić information content (AvgIpc) is 3.24. The van der Waals surface area contributed by atoms with Crippen molar-refractivity contribution >= 4 is 16.8 Å². The van der Waals surface area contributed by atoms with Crippen LogP contribution in [0.15, 0.2) is 24.3 Å². The van der Waals surface area contributed by atoms with Crippen LogP contribution in [0.1, 0.15) is 34.7 Å². The van der Waals surface area contributed by atoms with E-state index in [2.05, 4.69) is 25.6 Å². The van der Waals surface area contributed by atoms with Crippen molar-refractivity contribution in [2.45, 2.75) is 25.5 Å². The first kappa shape index (κ1) is 14.8. The Morgan fingerprint density at radius 1 is 1.42 bits per heavy atom. The Labute approximate surface area is 138 Å². The van der Waals surface area contributed by atoms with Gasteiger partial charge in [-0.2, -0.15) is 10.2 Å². The predicted molar refractivity (Wildman–Crippen MR) is 86.4 cm³/mol. The van der Waals surface area contributed by atoms with Crippen LogP contribution in [-0.4, -0.2) is 43.5 Å². The summed E-state index contributed by atoms with van der Waals surface area (Å²) in [4.78, 5) is 17.1. The van der Waals surface area contributed by atoms with E-state index >= 15 is 0 Å². The Morgan fingerprint density at radius 2 is 2.25 bits per heavy atom. The fourth-order valence-corrected chi connectivity index (χ4v) is 3.13. The van der Waals surface area contributed by atoms with Crippen LogP contribution in [0.4, 0.5) is 0 Å². The number of aromatic nitrogens is 5. The zero-order valence-corrected chi connectivity index (χ0v) is 13.5. The molecule has 24 heavy (non-hydrogen) atoms. The average molecular weight is 326 g/mol. The number of nitrogens with one attached hydrogen (secondary N) is 2. The molecule has 3 heterocycles. The SMILES string of the molecule is Cc1nc([C@@H]2OCC[C@@H]2NC(=O)c2c3ccccc3nn2C)n[nH]1. The number of ether oxygens (including phenoxy) is 1. The lowest BCUT2D eigenvalue weighted by Crippen LogP contribution is -2.38. The van der Waals surface area contributed by atoms with Gasteiger partial charge in [0.05, 0.1) is 11.6 Å². The maximum Gasteiger partial charge on any atom is 0.270 e. The maximum atomic E-state index is 12.8. The van der Waals surface area contributed by atoms with Crippen LogP contribution in [0, 0.1) is 6.92 Å². The van der Waals surface area contributed by atoms with E-state index in [0.717, 1.165) is 23.1 Å². The minimum Gasteiger partial charge on any atom is -0.368 e. The molecule has 4 rings (SSSR count). The van der Waals surface area contributed by atoms with E-state index < -0.39 is 0 Å². The van der Waals surface area contributed by atoms with Gasteiger partial charge in [0.2, 0.25) is 0 Å². The highest BCUT2D eigenvalue weighted by atomic mass is 16.5. The molecule has 3 aromatic rings. The number of H-pyrrole nitrogens is 1. The van der Waals surface area contributed by atoms with E-state index in [4.69, 9.17) is 4.74 Å². The molecule has 1 aromatic carbocycles. The first-order valence-electron chi connectivity index (χ1n) is 7.86. The van der Waals surface area contributed by atoms with Crippen LogP contribution >= 0.6 is 0 Å². The monoisotopic (exact) mass is 326 g/mol. The van der Waals surface area contributed by atoms with Crippen molar-refractivity contribution in [2.24, 2.45) is 7.05 Å². The zero-order chi connectivity index (χ0) is 16.7. The third kappa shape index (κ3) is 2.44. The largest absolute Gasteiger partial charge is 0.368 e. The molecule has 8 nitrogen and oxygen atoms in total. The Bertz CT molecular complexity index is 899. The van der Waals surface area contributed by atoms with Gasteiger partial charge in [-0.25, -0.2) is 4.98 Å². The number of hydrogen-bond acceptors (Lipinski definition) is 5. The number of carbonyl (C=O) groups is 1. The highest BCUT2D eigenvalue weighted by Crippen LogP contribution is 2.27. The molecule has 0 spiro atoms. The van der Waals surface area contributed by atoms with Gasteiger partial charge in [-0.05, 0) is 19.4 Å². The summed E-state index contributed by atoms with van der Waals surface area (Å²) in [5.74, 6) is 1.13. The van der Waals surface area contributed by atoms with Gasteiger partial charge in [0.15, 0.2) is 5.82 Å². The summed E-state index contributed by atoms with van der Waals surface area (Å²) >= 11 is 0. The Hall–Kier alpha value is -2.74. The molecular weight excluding hydrogens is 308 g/mol. The maximum absolute atomic E-state index is 12.8. The van der Waals surface area contributed by atoms with Crippen molar-refractivity contribution in [2.75, 3.05) is 6.61 Å².